The van der Waals surface area contributed by atoms with Gasteiger partial charge in [-0.3, -0.25) is 9.78 Å². The number of carbonyl (C=O) groups excluding carboxylic acids is 1. The van der Waals surface area contributed by atoms with E-state index in [4.69, 9.17) is 5.73 Å². The first-order valence-corrected chi connectivity index (χ1v) is 7.90. The molecule has 0 aliphatic carbocycles. The third kappa shape index (κ3) is 5.18. The number of nitrogens with zero attached hydrogens (tertiary/aromatic N) is 1. The Morgan fingerprint density at radius 2 is 1.91 bits per heavy atom. The van der Waals surface area contributed by atoms with Gasteiger partial charge in [-0.25, -0.2) is 0 Å². The largest absolute Gasteiger partial charge is 0.345 e. The number of hydrogen-bond acceptors (Lipinski definition) is 3. The Morgan fingerprint density at radius 1 is 1.22 bits per heavy atom. The molecule has 1 heterocycles. The predicted octanol–water partition coefficient (Wildman–Crippen LogP) is 3.45. The van der Waals surface area contributed by atoms with Crippen LogP contribution >= 0.6 is 0 Å². The molecule has 122 valence electrons. The van der Waals surface area contributed by atoms with Crippen LogP contribution in [0.2, 0.25) is 0 Å². The molecule has 0 spiro atoms. The molecule has 3 N–H and O–H groups in total. The van der Waals surface area contributed by atoms with Gasteiger partial charge in [-0.1, -0.05) is 51.1 Å². The molecule has 1 unspecified atom stereocenters. The summed E-state index contributed by atoms with van der Waals surface area (Å²) in [6.45, 7) is 6.85. The van der Waals surface area contributed by atoms with Gasteiger partial charge in [0.2, 0.25) is 0 Å². The van der Waals surface area contributed by atoms with Crippen molar-refractivity contribution >= 4 is 5.91 Å². The molecular weight excluding hydrogens is 286 g/mol. The molecule has 0 fully saturated rings. The standard InChI is InChI=1S/C19H25N3O/c1-19(2,3)12-17(14-7-5-4-6-8-14)22-18(23)15-9-10-21-16(11-15)13-20/h4-11,17H,12-13,20H2,1-3H3,(H,22,23). The van der Waals surface area contributed by atoms with E-state index in [-0.39, 0.29) is 17.4 Å². The smallest absolute Gasteiger partial charge is 0.251 e. The van der Waals surface area contributed by atoms with Crippen LogP contribution in [0, 0.1) is 5.41 Å². The summed E-state index contributed by atoms with van der Waals surface area (Å²) in [6, 6.07) is 13.5. The minimum atomic E-state index is -0.0970. The Morgan fingerprint density at radius 3 is 2.52 bits per heavy atom. The van der Waals surface area contributed by atoms with E-state index in [1.54, 1.807) is 18.3 Å². The highest BCUT2D eigenvalue weighted by atomic mass is 16.1. The fourth-order valence-electron chi connectivity index (χ4n) is 2.52. The number of carbonyl (C=O) groups is 1. The zero-order valence-corrected chi connectivity index (χ0v) is 14.0. The van der Waals surface area contributed by atoms with Crippen molar-refractivity contribution in [3.05, 3.63) is 65.5 Å². The van der Waals surface area contributed by atoms with Crippen LogP contribution in [-0.4, -0.2) is 10.9 Å². The minimum absolute atomic E-state index is 0.0295. The van der Waals surface area contributed by atoms with Crippen LogP contribution in [0.25, 0.3) is 0 Å². The zero-order valence-electron chi connectivity index (χ0n) is 14.0. The Balaban J connectivity index is 2.21. The van der Waals surface area contributed by atoms with Crippen LogP contribution in [0.15, 0.2) is 48.7 Å². The van der Waals surface area contributed by atoms with Gasteiger partial charge in [0.05, 0.1) is 11.7 Å². The van der Waals surface area contributed by atoms with E-state index in [2.05, 4.69) is 43.2 Å². The number of rotatable bonds is 5. The molecule has 0 saturated heterocycles. The molecule has 0 aliphatic rings. The van der Waals surface area contributed by atoms with Crippen LogP contribution in [0.4, 0.5) is 0 Å². The fourth-order valence-corrected chi connectivity index (χ4v) is 2.52. The third-order valence-corrected chi connectivity index (χ3v) is 3.61. The summed E-state index contributed by atoms with van der Waals surface area (Å²) in [5.74, 6) is -0.0970. The van der Waals surface area contributed by atoms with Crippen molar-refractivity contribution in [3.63, 3.8) is 0 Å². The molecule has 1 amide bonds. The number of aromatic nitrogens is 1. The van der Waals surface area contributed by atoms with Gasteiger partial charge in [0.1, 0.15) is 0 Å². The summed E-state index contributed by atoms with van der Waals surface area (Å²) in [5.41, 5.74) is 8.13. The summed E-state index contributed by atoms with van der Waals surface area (Å²) >= 11 is 0. The monoisotopic (exact) mass is 311 g/mol. The Bertz CT molecular complexity index is 647. The van der Waals surface area contributed by atoms with Crippen molar-refractivity contribution in [1.82, 2.24) is 10.3 Å². The normalized spacial score (nSPS) is 12.7. The molecule has 0 radical (unpaired) electrons. The van der Waals surface area contributed by atoms with Crippen LogP contribution in [-0.2, 0) is 6.54 Å². The molecule has 0 bridgehead atoms. The lowest BCUT2D eigenvalue weighted by atomic mass is 9.85. The predicted molar refractivity (Wildman–Crippen MR) is 92.8 cm³/mol. The van der Waals surface area contributed by atoms with Crippen molar-refractivity contribution in [2.24, 2.45) is 11.1 Å². The van der Waals surface area contributed by atoms with Crippen molar-refractivity contribution in [3.8, 4) is 0 Å². The Kier molecular flexibility index (Phi) is 5.50. The molecule has 0 aliphatic heterocycles. The second kappa shape index (κ2) is 7.38. The van der Waals surface area contributed by atoms with Crippen molar-refractivity contribution in [2.75, 3.05) is 0 Å². The van der Waals surface area contributed by atoms with Gasteiger partial charge in [0, 0.05) is 18.3 Å². The number of nitrogens with two attached hydrogens (primary N) is 1. The first-order chi connectivity index (χ1) is 10.9. The summed E-state index contributed by atoms with van der Waals surface area (Å²) in [5, 5.41) is 3.15. The first-order valence-electron chi connectivity index (χ1n) is 7.90. The average Bonchev–Trinajstić information content (AvgIpc) is 2.54. The average molecular weight is 311 g/mol. The number of hydrogen-bond donors (Lipinski definition) is 2. The molecular formula is C19H25N3O. The molecule has 0 saturated carbocycles. The number of amides is 1. The first kappa shape index (κ1) is 17.2. The van der Waals surface area contributed by atoms with Crippen LogP contribution in [0.3, 0.4) is 0 Å². The van der Waals surface area contributed by atoms with E-state index in [1.807, 2.05) is 18.2 Å². The van der Waals surface area contributed by atoms with Gasteiger partial charge in [-0.15, -0.1) is 0 Å². The zero-order chi connectivity index (χ0) is 16.9. The lowest BCUT2D eigenvalue weighted by molar-refractivity contribution is 0.0926. The van der Waals surface area contributed by atoms with Crippen LogP contribution < -0.4 is 11.1 Å². The SMILES string of the molecule is CC(C)(C)CC(NC(=O)c1ccnc(CN)c1)c1ccccc1. The summed E-state index contributed by atoms with van der Waals surface area (Å²) in [6.07, 6.45) is 2.48. The Labute approximate surface area is 138 Å². The molecule has 1 aromatic heterocycles. The van der Waals surface area contributed by atoms with Crippen LogP contribution in [0.1, 0.15) is 54.8 Å². The van der Waals surface area contributed by atoms with E-state index >= 15 is 0 Å². The summed E-state index contributed by atoms with van der Waals surface area (Å²) in [4.78, 5) is 16.7. The number of benzene rings is 1. The van der Waals surface area contributed by atoms with Gasteiger partial charge in [-0.2, -0.15) is 0 Å². The number of pyridine rings is 1. The van der Waals surface area contributed by atoms with Gasteiger partial charge in [0.25, 0.3) is 5.91 Å². The fraction of sp³-hybridized carbons (Fsp3) is 0.368. The molecule has 2 rings (SSSR count). The second-order valence-corrected chi connectivity index (χ2v) is 6.94. The van der Waals surface area contributed by atoms with Gasteiger partial charge in [0.15, 0.2) is 0 Å². The lowest BCUT2D eigenvalue weighted by Crippen LogP contribution is -2.31. The maximum Gasteiger partial charge on any atom is 0.251 e. The van der Waals surface area contributed by atoms with E-state index in [9.17, 15) is 4.79 Å². The second-order valence-electron chi connectivity index (χ2n) is 6.94. The topological polar surface area (TPSA) is 68.0 Å². The van der Waals surface area contributed by atoms with E-state index in [1.165, 1.54) is 0 Å². The van der Waals surface area contributed by atoms with Crippen molar-refractivity contribution in [2.45, 2.75) is 39.8 Å². The molecule has 23 heavy (non-hydrogen) atoms. The Hall–Kier alpha value is -2.20. The maximum atomic E-state index is 12.6. The van der Waals surface area contributed by atoms with E-state index in [0.717, 1.165) is 12.0 Å². The van der Waals surface area contributed by atoms with Crippen molar-refractivity contribution in [1.29, 1.82) is 0 Å². The molecule has 4 heteroatoms. The summed E-state index contributed by atoms with van der Waals surface area (Å²) < 4.78 is 0. The third-order valence-electron chi connectivity index (χ3n) is 3.61. The van der Waals surface area contributed by atoms with Gasteiger partial charge >= 0.3 is 0 Å². The molecule has 1 atom stereocenters. The maximum absolute atomic E-state index is 12.6. The quantitative estimate of drug-likeness (QED) is 0.888. The molecule has 1 aromatic carbocycles. The van der Waals surface area contributed by atoms with E-state index in [0.29, 0.717) is 17.8 Å². The van der Waals surface area contributed by atoms with Gasteiger partial charge in [-0.05, 0) is 29.5 Å². The highest BCUT2D eigenvalue weighted by Gasteiger charge is 2.22. The highest BCUT2D eigenvalue weighted by Crippen LogP contribution is 2.29. The van der Waals surface area contributed by atoms with Crippen LogP contribution in [0.5, 0.6) is 0 Å². The number of nitrogens with one attached hydrogen (secondary N) is 1. The minimum Gasteiger partial charge on any atom is -0.345 e. The molecule has 4 nitrogen and oxygen atoms in total. The summed E-state index contributed by atoms with van der Waals surface area (Å²) in [7, 11) is 0. The van der Waals surface area contributed by atoms with Gasteiger partial charge < -0.3 is 11.1 Å². The lowest BCUT2D eigenvalue weighted by Gasteiger charge is -2.27. The highest BCUT2D eigenvalue weighted by molar-refractivity contribution is 5.94. The van der Waals surface area contributed by atoms with Crippen molar-refractivity contribution < 1.29 is 4.79 Å². The van der Waals surface area contributed by atoms with E-state index < -0.39 is 0 Å². The molecule has 2 aromatic rings.